The Morgan fingerprint density at radius 2 is 2.11 bits per heavy atom. The Morgan fingerprint density at radius 1 is 1.28 bits per heavy atom. The summed E-state index contributed by atoms with van der Waals surface area (Å²) in [5.74, 6) is 1.45. The fourth-order valence-electron chi connectivity index (χ4n) is 1.39. The Bertz CT molecular complexity index is 605. The van der Waals surface area contributed by atoms with E-state index < -0.39 is 0 Å². The zero-order chi connectivity index (χ0) is 13.0. The predicted octanol–water partition coefficient (Wildman–Crippen LogP) is 2.34. The van der Waals surface area contributed by atoms with Gasteiger partial charge in [0, 0.05) is 12.1 Å². The molecular weight excluding hydrogens is 230 g/mol. The van der Waals surface area contributed by atoms with Crippen LogP contribution in [-0.2, 0) is 0 Å². The number of nitrogens with two attached hydrogens (primary N) is 1. The van der Waals surface area contributed by atoms with Crippen molar-refractivity contribution in [2.75, 3.05) is 12.8 Å². The third-order valence-electron chi connectivity index (χ3n) is 2.27. The molecule has 0 atom stereocenters. The van der Waals surface area contributed by atoms with Crippen LogP contribution >= 0.6 is 0 Å². The topological polar surface area (TPSA) is 81.2 Å². The monoisotopic (exact) mass is 241 g/mol. The summed E-state index contributed by atoms with van der Waals surface area (Å²) in [5, 5.41) is 8.74. The second-order valence-electron chi connectivity index (χ2n) is 3.48. The highest BCUT2D eigenvalue weighted by Crippen LogP contribution is 2.29. The summed E-state index contributed by atoms with van der Waals surface area (Å²) in [4.78, 5) is 4.00. The highest BCUT2D eigenvalue weighted by atomic mass is 16.5. The van der Waals surface area contributed by atoms with Gasteiger partial charge in [0.1, 0.15) is 17.5 Å². The van der Waals surface area contributed by atoms with Gasteiger partial charge in [-0.3, -0.25) is 0 Å². The summed E-state index contributed by atoms with van der Waals surface area (Å²) in [5.41, 5.74) is 6.55. The lowest BCUT2D eigenvalue weighted by Crippen LogP contribution is -1.95. The number of nitrogens with zero attached hydrogens (tertiary/aromatic N) is 2. The summed E-state index contributed by atoms with van der Waals surface area (Å²) < 4.78 is 10.6. The summed E-state index contributed by atoms with van der Waals surface area (Å²) in [7, 11) is 1.56. The zero-order valence-electron chi connectivity index (χ0n) is 9.75. The Kier molecular flexibility index (Phi) is 3.30. The van der Waals surface area contributed by atoms with Crippen molar-refractivity contribution in [2.24, 2.45) is 0 Å². The fraction of sp³-hybridized carbons (Fsp3) is 0.0769. The molecule has 2 aromatic rings. The molecule has 1 aromatic carbocycles. The first kappa shape index (κ1) is 11.7. The maximum absolute atomic E-state index is 8.74. The lowest BCUT2D eigenvalue weighted by molar-refractivity contribution is 0.412. The molecule has 2 N–H and O–H groups in total. The molecule has 0 radical (unpaired) electrons. The molecule has 2 rings (SSSR count). The predicted molar refractivity (Wildman–Crippen MR) is 66.4 cm³/mol. The minimum absolute atomic E-state index is 0.291. The molecule has 0 amide bonds. The third-order valence-corrected chi connectivity index (χ3v) is 2.27. The van der Waals surface area contributed by atoms with Gasteiger partial charge < -0.3 is 15.2 Å². The van der Waals surface area contributed by atoms with E-state index in [1.54, 1.807) is 43.5 Å². The number of anilines is 1. The molecule has 1 heterocycles. The van der Waals surface area contributed by atoms with Gasteiger partial charge in [-0.2, -0.15) is 5.26 Å². The Hall–Kier alpha value is -2.74. The van der Waals surface area contributed by atoms with Crippen molar-refractivity contribution in [2.45, 2.75) is 0 Å². The van der Waals surface area contributed by atoms with Crippen LogP contribution in [0.2, 0.25) is 0 Å². The second-order valence-corrected chi connectivity index (χ2v) is 3.48. The minimum atomic E-state index is 0.291. The molecule has 0 unspecified atom stereocenters. The van der Waals surface area contributed by atoms with Gasteiger partial charge in [-0.05, 0) is 18.2 Å². The van der Waals surface area contributed by atoms with Gasteiger partial charge in [0.25, 0.3) is 0 Å². The van der Waals surface area contributed by atoms with Crippen molar-refractivity contribution in [1.29, 1.82) is 5.26 Å². The number of hydrogen-bond donors (Lipinski definition) is 1. The number of pyridine rings is 1. The molecule has 0 fully saturated rings. The third kappa shape index (κ3) is 2.50. The molecule has 5 heteroatoms. The number of aromatic nitrogens is 1. The number of nitrogen functional groups attached to an aromatic ring is 1. The Balaban J connectivity index is 2.26. The van der Waals surface area contributed by atoms with Crippen LogP contribution in [0.1, 0.15) is 5.69 Å². The molecule has 0 saturated carbocycles. The fourth-order valence-corrected chi connectivity index (χ4v) is 1.39. The van der Waals surface area contributed by atoms with Crippen LogP contribution in [0.5, 0.6) is 17.4 Å². The summed E-state index contributed by atoms with van der Waals surface area (Å²) in [6, 6.07) is 12.0. The van der Waals surface area contributed by atoms with Gasteiger partial charge in [-0.1, -0.05) is 6.07 Å². The highest BCUT2D eigenvalue weighted by molar-refractivity contribution is 5.57. The van der Waals surface area contributed by atoms with Crippen molar-refractivity contribution in [1.82, 2.24) is 4.98 Å². The van der Waals surface area contributed by atoms with Crippen LogP contribution in [0.25, 0.3) is 0 Å². The zero-order valence-corrected chi connectivity index (χ0v) is 9.75. The van der Waals surface area contributed by atoms with E-state index >= 15 is 0 Å². The molecule has 90 valence electrons. The van der Waals surface area contributed by atoms with Crippen LogP contribution in [0.15, 0.2) is 36.4 Å². The minimum Gasteiger partial charge on any atom is -0.497 e. The molecule has 1 aromatic heterocycles. The number of ether oxygens (including phenoxy) is 2. The maximum Gasteiger partial charge on any atom is 0.220 e. The SMILES string of the molecule is COc1ccc(Oc2cccc(C#N)n2)c(N)c1. The number of benzene rings is 1. The first-order valence-corrected chi connectivity index (χ1v) is 5.21. The lowest BCUT2D eigenvalue weighted by Gasteiger charge is -2.08. The van der Waals surface area contributed by atoms with E-state index in [0.29, 0.717) is 28.8 Å². The molecule has 0 aliphatic heterocycles. The van der Waals surface area contributed by atoms with Gasteiger partial charge in [-0.15, -0.1) is 0 Å². The molecule has 0 aliphatic rings. The van der Waals surface area contributed by atoms with Gasteiger partial charge >= 0.3 is 0 Å². The summed E-state index contributed by atoms with van der Waals surface area (Å²) in [6.07, 6.45) is 0. The molecule has 5 nitrogen and oxygen atoms in total. The molecule has 18 heavy (non-hydrogen) atoms. The molecule has 0 spiro atoms. The number of nitriles is 1. The van der Waals surface area contributed by atoms with E-state index in [2.05, 4.69) is 4.98 Å². The Labute approximate surface area is 104 Å². The van der Waals surface area contributed by atoms with Crippen LogP contribution in [0.4, 0.5) is 5.69 Å². The van der Waals surface area contributed by atoms with E-state index in [0.717, 1.165) is 0 Å². The van der Waals surface area contributed by atoms with Gasteiger partial charge in [-0.25, -0.2) is 4.98 Å². The van der Waals surface area contributed by atoms with Gasteiger partial charge in [0.05, 0.1) is 12.8 Å². The normalized spacial score (nSPS) is 9.56. The largest absolute Gasteiger partial charge is 0.497 e. The molecule has 0 aliphatic carbocycles. The van der Waals surface area contributed by atoms with Crippen LogP contribution in [0, 0.1) is 11.3 Å². The van der Waals surface area contributed by atoms with Crippen LogP contribution in [0.3, 0.4) is 0 Å². The first-order chi connectivity index (χ1) is 8.72. The highest BCUT2D eigenvalue weighted by Gasteiger charge is 2.05. The van der Waals surface area contributed by atoms with E-state index in [1.807, 2.05) is 6.07 Å². The Morgan fingerprint density at radius 3 is 2.78 bits per heavy atom. The number of hydrogen-bond acceptors (Lipinski definition) is 5. The van der Waals surface area contributed by atoms with Crippen molar-refractivity contribution in [3.8, 4) is 23.4 Å². The molecular formula is C13H11N3O2. The molecule has 0 bridgehead atoms. The van der Waals surface area contributed by atoms with Crippen molar-refractivity contribution < 1.29 is 9.47 Å². The van der Waals surface area contributed by atoms with Crippen molar-refractivity contribution >= 4 is 5.69 Å². The van der Waals surface area contributed by atoms with E-state index in [4.69, 9.17) is 20.5 Å². The summed E-state index contributed by atoms with van der Waals surface area (Å²) >= 11 is 0. The first-order valence-electron chi connectivity index (χ1n) is 5.21. The van der Waals surface area contributed by atoms with E-state index in [-0.39, 0.29) is 0 Å². The standard InChI is InChI=1S/C13H11N3O2/c1-17-10-5-6-12(11(15)7-10)18-13-4-2-3-9(8-14)16-13/h2-7H,15H2,1H3. The maximum atomic E-state index is 8.74. The second kappa shape index (κ2) is 5.06. The van der Waals surface area contributed by atoms with Gasteiger partial charge in [0.15, 0.2) is 5.75 Å². The lowest BCUT2D eigenvalue weighted by atomic mass is 10.3. The van der Waals surface area contributed by atoms with Crippen molar-refractivity contribution in [3.05, 3.63) is 42.1 Å². The number of rotatable bonds is 3. The van der Waals surface area contributed by atoms with Crippen LogP contribution in [-0.4, -0.2) is 12.1 Å². The quantitative estimate of drug-likeness (QED) is 0.834. The van der Waals surface area contributed by atoms with E-state index in [1.165, 1.54) is 0 Å². The average Bonchev–Trinajstić information content (AvgIpc) is 2.41. The van der Waals surface area contributed by atoms with Crippen molar-refractivity contribution in [3.63, 3.8) is 0 Å². The van der Waals surface area contributed by atoms with Gasteiger partial charge in [0.2, 0.25) is 5.88 Å². The van der Waals surface area contributed by atoms with E-state index in [9.17, 15) is 0 Å². The number of methoxy groups -OCH3 is 1. The average molecular weight is 241 g/mol. The smallest absolute Gasteiger partial charge is 0.220 e. The molecule has 0 saturated heterocycles. The summed E-state index contributed by atoms with van der Waals surface area (Å²) in [6.45, 7) is 0. The van der Waals surface area contributed by atoms with Crippen LogP contribution < -0.4 is 15.2 Å².